The second-order valence-electron chi connectivity index (χ2n) is 6.19. The van der Waals surface area contributed by atoms with Gasteiger partial charge in [0.1, 0.15) is 0 Å². The maximum Gasteiger partial charge on any atom is 0.269 e. The zero-order valence-corrected chi connectivity index (χ0v) is 14.1. The van der Waals surface area contributed by atoms with Gasteiger partial charge in [0, 0.05) is 41.5 Å². The molecule has 1 heterocycles. The number of carbonyl (C=O) groups excluding carboxylic acids is 1. The number of aromatic nitrogens is 1. The van der Waals surface area contributed by atoms with Gasteiger partial charge in [0.2, 0.25) is 0 Å². The van der Waals surface area contributed by atoms with Gasteiger partial charge in [-0.1, -0.05) is 20.8 Å². The lowest BCUT2D eigenvalue weighted by Gasteiger charge is -2.14. The SMILES string of the molecule is CC(C)(C)c1csc(CCNC(=O)c2ccc([N+](=O)[O-])cc2)n1. The Hall–Kier alpha value is -2.28. The molecule has 1 aromatic carbocycles. The lowest BCUT2D eigenvalue weighted by Crippen LogP contribution is -2.25. The molecule has 2 rings (SSSR count). The lowest BCUT2D eigenvalue weighted by molar-refractivity contribution is -0.384. The minimum atomic E-state index is -0.489. The number of rotatable bonds is 5. The van der Waals surface area contributed by atoms with E-state index in [0.29, 0.717) is 18.5 Å². The minimum Gasteiger partial charge on any atom is -0.352 e. The van der Waals surface area contributed by atoms with Gasteiger partial charge in [0.05, 0.1) is 15.6 Å². The van der Waals surface area contributed by atoms with Crippen molar-refractivity contribution in [3.63, 3.8) is 0 Å². The number of non-ortho nitro benzene ring substituents is 1. The summed E-state index contributed by atoms with van der Waals surface area (Å²) in [5, 5.41) is 16.4. The van der Waals surface area contributed by atoms with Crippen LogP contribution in [0, 0.1) is 10.1 Å². The highest BCUT2D eigenvalue weighted by Gasteiger charge is 2.17. The quantitative estimate of drug-likeness (QED) is 0.672. The van der Waals surface area contributed by atoms with Crippen molar-refractivity contribution in [3.05, 3.63) is 56.0 Å². The molecule has 0 saturated carbocycles. The molecule has 1 aromatic heterocycles. The van der Waals surface area contributed by atoms with Crippen molar-refractivity contribution < 1.29 is 9.72 Å². The Morgan fingerprint density at radius 3 is 2.48 bits per heavy atom. The van der Waals surface area contributed by atoms with Crippen LogP contribution in [0.1, 0.15) is 41.8 Å². The summed E-state index contributed by atoms with van der Waals surface area (Å²) in [6, 6.07) is 5.56. The van der Waals surface area contributed by atoms with Crippen molar-refractivity contribution in [3.8, 4) is 0 Å². The highest BCUT2D eigenvalue weighted by atomic mass is 32.1. The van der Waals surface area contributed by atoms with Crippen molar-refractivity contribution in [2.45, 2.75) is 32.6 Å². The Labute approximate surface area is 138 Å². The number of hydrogen-bond donors (Lipinski definition) is 1. The van der Waals surface area contributed by atoms with E-state index >= 15 is 0 Å². The Morgan fingerprint density at radius 1 is 1.30 bits per heavy atom. The fourth-order valence-electron chi connectivity index (χ4n) is 1.89. The molecule has 0 aliphatic rings. The maximum atomic E-state index is 12.0. The molecule has 7 heteroatoms. The van der Waals surface area contributed by atoms with E-state index in [1.165, 1.54) is 24.3 Å². The molecule has 6 nitrogen and oxygen atoms in total. The molecular weight excluding hydrogens is 314 g/mol. The van der Waals surface area contributed by atoms with Crippen LogP contribution in [0.5, 0.6) is 0 Å². The fourth-order valence-corrected chi connectivity index (χ4v) is 2.91. The first kappa shape index (κ1) is 17.1. The summed E-state index contributed by atoms with van der Waals surface area (Å²) < 4.78 is 0. The molecule has 0 aliphatic heterocycles. The Morgan fingerprint density at radius 2 is 1.96 bits per heavy atom. The molecule has 2 aromatic rings. The molecule has 122 valence electrons. The van der Waals surface area contributed by atoms with Crippen molar-refractivity contribution in [1.29, 1.82) is 0 Å². The highest BCUT2D eigenvalue weighted by molar-refractivity contribution is 7.09. The van der Waals surface area contributed by atoms with Gasteiger partial charge in [0.25, 0.3) is 11.6 Å². The normalized spacial score (nSPS) is 11.3. The number of benzene rings is 1. The molecule has 0 saturated heterocycles. The standard InChI is InChI=1S/C16H19N3O3S/c1-16(2,3)13-10-23-14(18-13)8-9-17-15(20)11-4-6-12(7-5-11)19(21)22/h4-7,10H,8-9H2,1-3H3,(H,17,20). The van der Waals surface area contributed by atoms with Crippen molar-refractivity contribution in [2.24, 2.45) is 0 Å². The van der Waals surface area contributed by atoms with Gasteiger partial charge >= 0.3 is 0 Å². The van der Waals surface area contributed by atoms with Crippen molar-refractivity contribution in [2.75, 3.05) is 6.54 Å². The van der Waals surface area contributed by atoms with E-state index in [1.807, 2.05) is 5.38 Å². The lowest BCUT2D eigenvalue weighted by atomic mass is 9.93. The van der Waals surface area contributed by atoms with Crippen LogP contribution in [0.4, 0.5) is 5.69 Å². The second kappa shape index (κ2) is 6.87. The zero-order chi connectivity index (χ0) is 17.0. The first-order valence-corrected chi connectivity index (χ1v) is 8.13. The van der Waals surface area contributed by atoms with Crippen LogP contribution < -0.4 is 5.32 Å². The third-order valence-electron chi connectivity index (χ3n) is 3.28. The summed E-state index contributed by atoms with van der Waals surface area (Å²) >= 11 is 1.59. The largest absolute Gasteiger partial charge is 0.352 e. The van der Waals surface area contributed by atoms with Gasteiger partial charge in [-0.25, -0.2) is 4.98 Å². The Kier molecular flexibility index (Phi) is 5.10. The molecule has 0 spiro atoms. The number of nitrogens with one attached hydrogen (secondary N) is 1. The van der Waals surface area contributed by atoms with Gasteiger partial charge in [-0.2, -0.15) is 0 Å². The zero-order valence-electron chi connectivity index (χ0n) is 13.3. The van der Waals surface area contributed by atoms with E-state index in [2.05, 4.69) is 31.1 Å². The predicted octanol–water partition coefficient (Wildman–Crippen LogP) is 3.32. The van der Waals surface area contributed by atoms with Gasteiger partial charge in [-0.15, -0.1) is 11.3 Å². The van der Waals surface area contributed by atoms with E-state index in [4.69, 9.17) is 0 Å². The van der Waals surface area contributed by atoms with Crippen LogP contribution >= 0.6 is 11.3 Å². The number of carbonyl (C=O) groups is 1. The van der Waals surface area contributed by atoms with Gasteiger partial charge in [-0.05, 0) is 12.1 Å². The van der Waals surface area contributed by atoms with Crippen LogP contribution in [0.2, 0.25) is 0 Å². The predicted molar refractivity (Wildman–Crippen MR) is 89.9 cm³/mol. The first-order valence-electron chi connectivity index (χ1n) is 7.25. The number of nitro groups is 1. The highest BCUT2D eigenvalue weighted by Crippen LogP contribution is 2.23. The third kappa shape index (κ3) is 4.59. The smallest absolute Gasteiger partial charge is 0.269 e. The number of amides is 1. The summed E-state index contributed by atoms with van der Waals surface area (Å²) in [6.45, 7) is 6.82. The minimum absolute atomic E-state index is 0.0246. The molecule has 1 N–H and O–H groups in total. The molecule has 0 aliphatic carbocycles. The van der Waals surface area contributed by atoms with Gasteiger partial charge in [-0.3, -0.25) is 14.9 Å². The van der Waals surface area contributed by atoms with Gasteiger partial charge < -0.3 is 5.32 Å². The molecule has 0 atom stereocenters. The fraction of sp³-hybridized carbons (Fsp3) is 0.375. The molecule has 0 bridgehead atoms. The molecule has 0 unspecified atom stereocenters. The number of nitro benzene ring substituents is 1. The summed E-state index contributed by atoms with van der Waals surface area (Å²) in [5.74, 6) is -0.243. The summed E-state index contributed by atoms with van der Waals surface area (Å²) in [4.78, 5) is 26.7. The van der Waals surface area contributed by atoms with Crippen LogP contribution in [-0.2, 0) is 11.8 Å². The average Bonchev–Trinajstić information content (AvgIpc) is 2.96. The molecular formula is C16H19N3O3S. The van der Waals surface area contributed by atoms with E-state index in [-0.39, 0.29) is 17.0 Å². The summed E-state index contributed by atoms with van der Waals surface area (Å²) in [5.41, 5.74) is 1.46. The maximum absolute atomic E-state index is 12.0. The topological polar surface area (TPSA) is 85.1 Å². The molecule has 1 amide bonds. The van der Waals surface area contributed by atoms with E-state index in [1.54, 1.807) is 11.3 Å². The number of thiazole rings is 1. The summed E-state index contributed by atoms with van der Waals surface area (Å²) in [6.07, 6.45) is 0.666. The van der Waals surface area contributed by atoms with E-state index in [9.17, 15) is 14.9 Å². The van der Waals surface area contributed by atoms with Gasteiger partial charge in [0.15, 0.2) is 0 Å². The molecule has 23 heavy (non-hydrogen) atoms. The van der Waals surface area contributed by atoms with Crippen molar-refractivity contribution >= 4 is 22.9 Å². The van der Waals surface area contributed by atoms with E-state index < -0.39 is 4.92 Å². The van der Waals surface area contributed by atoms with Crippen LogP contribution in [-0.4, -0.2) is 22.4 Å². The molecule has 0 radical (unpaired) electrons. The Bertz CT molecular complexity index is 702. The summed E-state index contributed by atoms with van der Waals surface area (Å²) in [7, 11) is 0. The Balaban J connectivity index is 1.87. The van der Waals surface area contributed by atoms with Crippen molar-refractivity contribution in [1.82, 2.24) is 10.3 Å². The monoisotopic (exact) mass is 333 g/mol. The van der Waals surface area contributed by atoms with Crippen LogP contribution in [0.3, 0.4) is 0 Å². The third-order valence-corrected chi connectivity index (χ3v) is 4.19. The number of hydrogen-bond acceptors (Lipinski definition) is 5. The van der Waals surface area contributed by atoms with Crippen LogP contribution in [0.25, 0.3) is 0 Å². The average molecular weight is 333 g/mol. The van der Waals surface area contributed by atoms with E-state index in [0.717, 1.165) is 10.7 Å². The van der Waals surface area contributed by atoms with Crippen LogP contribution in [0.15, 0.2) is 29.6 Å². The molecule has 0 fully saturated rings. The first-order chi connectivity index (χ1) is 10.8. The number of nitrogens with zero attached hydrogens (tertiary/aromatic N) is 2. The second-order valence-corrected chi connectivity index (χ2v) is 7.13.